The number of hydrogen-bond donors (Lipinski definition) is 1. The molecule has 0 aliphatic heterocycles. The molecule has 3 heteroatoms. The monoisotopic (exact) mass is 278 g/mol. The van der Waals surface area contributed by atoms with Gasteiger partial charge >= 0.3 is 0 Å². The van der Waals surface area contributed by atoms with E-state index in [-0.39, 0.29) is 0 Å². The third-order valence-electron chi connectivity index (χ3n) is 6.06. The fourth-order valence-electron chi connectivity index (χ4n) is 4.64. The maximum atomic E-state index is 12.9. The molecule has 1 amide bonds. The Balaban J connectivity index is 1.60. The van der Waals surface area contributed by atoms with Crippen molar-refractivity contribution in [2.45, 2.75) is 70.3 Å². The molecule has 0 heterocycles. The second-order valence-electron chi connectivity index (χ2n) is 7.22. The normalized spacial score (nSPS) is 34.1. The lowest BCUT2D eigenvalue weighted by atomic mass is 9.67. The van der Waals surface area contributed by atoms with Crippen LogP contribution in [0.1, 0.15) is 64.2 Å². The largest absolute Gasteiger partial charge is 0.338 e. The van der Waals surface area contributed by atoms with E-state index in [1.54, 1.807) is 0 Å². The summed E-state index contributed by atoms with van der Waals surface area (Å²) in [5.74, 6) is 2.51. The van der Waals surface area contributed by atoms with Gasteiger partial charge in [-0.2, -0.15) is 0 Å². The van der Waals surface area contributed by atoms with E-state index in [1.165, 1.54) is 51.4 Å². The summed E-state index contributed by atoms with van der Waals surface area (Å²) in [6.45, 7) is 1.38. The summed E-state index contributed by atoms with van der Waals surface area (Å²) in [6, 6.07) is 0.509. The molecule has 3 fully saturated rings. The minimum Gasteiger partial charge on any atom is -0.338 e. The Kier molecular flexibility index (Phi) is 4.65. The first kappa shape index (κ1) is 14.4. The van der Waals surface area contributed by atoms with Crippen LogP contribution in [0.2, 0.25) is 0 Å². The highest BCUT2D eigenvalue weighted by molar-refractivity contribution is 5.79. The quantitative estimate of drug-likeness (QED) is 0.859. The third kappa shape index (κ3) is 2.88. The van der Waals surface area contributed by atoms with Crippen LogP contribution in [0, 0.1) is 17.8 Å². The van der Waals surface area contributed by atoms with E-state index >= 15 is 0 Å². The van der Waals surface area contributed by atoms with Crippen LogP contribution in [-0.2, 0) is 4.79 Å². The van der Waals surface area contributed by atoms with Crippen molar-refractivity contribution in [1.82, 2.24) is 4.90 Å². The maximum absolute atomic E-state index is 12.9. The summed E-state index contributed by atoms with van der Waals surface area (Å²) in [4.78, 5) is 15.0. The molecule has 3 atom stereocenters. The molecule has 0 aromatic rings. The van der Waals surface area contributed by atoms with Gasteiger partial charge in [-0.25, -0.2) is 0 Å². The Morgan fingerprint density at radius 1 is 0.950 bits per heavy atom. The van der Waals surface area contributed by atoms with Crippen molar-refractivity contribution in [1.29, 1.82) is 0 Å². The summed E-state index contributed by atoms with van der Waals surface area (Å²) >= 11 is 0. The zero-order chi connectivity index (χ0) is 13.9. The molecule has 0 radical (unpaired) electrons. The van der Waals surface area contributed by atoms with Crippen LogP contribution in [-0.4, -0.2) is 29.9 Å². The first-order valence-electron chi connectivity index (χ1n) is 8.80. The fourth-order valence-corrected chi connectivity index (χ4v) is 4.64. The lowest BCUT2D eigenvalue weighted by molar-refractivity contribution is -0.142. The molecule has 3 saturated carbocycles. The summed E-state index contributed by atoms with van der Waals surface area (Å²) in [5, 5.41) is 0. The van der Waals surface area contributed by atoms with Crippen molar-refractivity contribution in [3.63, 3.8) is 0 Å². The van der Waals surface area contributed by atoms with E-state index in [0.717, 1.165) is 31.2 Å². The zero-order valence-corrected chi connectivity index (χ0v) is 12.7. The lowest BCUT2D eigenvalue weighted by Gasteiger charge is -2.43. The molecule has 2 N–H and O–H groups in total. The molecule has 3 aliphatic carbocycles. The van der Waals surface area contributed by atoms with Crippen LogP contribution in [0.5, 0.6) is 0 Å². The summed E-state index contributed by atoms with van der Waals surface area (Å²) in [7, 11) is 0. The first-order chi connectivity index (χ1) is 9.79. The number of amides is 1. The van der Waals surface area contributed by atoms with Gasteiger partial charge in [0.05, 0.1) is 0 Å². The molecule has 0 spiro atoms. The van der Waals surface area contributed by atoms with Gasteiger partial charge in [-0.15, -0.1) is 0 Å². The van der Waals surface area contributed by atoms with Crippen LogP contribution in [0.3, 0.4) is 0 Å². The van der Waals surface area contributed by atoms with Crippen LogP contribution in [0.15, 0.2) is 0 Å². The maximum Gasteiger partial charge on any atom is 0.225 e. The predicted molar refractivity (Wildman–Crippen MR) is 81.2 cm³/mol. The van der Waals surface area contributed by atoms with Crippen molar-refractivity contribution < 1.29 is 4.79 Å². The standard InChI is InChI=1S/C17H30N2O/c18-10-11-19(16-6-3-7-16)17(20)15-9-8-13-4-1-2-5-14(13)12-15/h13-16H,1-12,18H2. The molecule has 20 heavy (non-hydrogen) atoms. The van der Waals surface area contributed by atoms with Crippen molar-refractivity contribution in [3.05, 3.63) is 0 Å². The number of rotatable bonds is 4. The van der Waals surface area contributed by atoms with Crippen molar-refractivity contribution >= 4 is 5.91 Å². The Morgan fingerprint density at radius 2 is 1.70 bits per heavy atom. The van der Waals surface area contributed by atoms with Gasteiger partial charge in [0.15, 0.2) is 0 Å². The van der Waals surface area contributed by atoms with Gasteiger partial charge < -0.3 is 10.6 Å². The smallest absolute Gasteiger partial charge is 0.225 e. The average molecular weight is 278 g/mol. The Morgan fingerprint density at radius 3 is 2.35 bits per heavy atom. The molecular weight excluding hydrogens is 248 g/mol. The average Bonchev–Trinajstić information content (AvgIpc) is 2.43. The minimum atomic E-state index is 0.307. The van der Waals surface area contributed by atoms with Crippen LogP contribution >= 0.6 is 0 Å². The van der Waals surface area contributed by atoms with Crippen LogP contribution in [0.4, 0.5) is 0 Å². The SMILES string of the molecule is NCCN(C(=O)C1CCC2CCCCC2C1)C1CCC1. The molecule has 3 aliphatic rings. The number of nitrogens with two attached hydrogens (primary N) is 1. The van der Waals surface area contributed by atoms with Crippen LogP contribution in [0.25, 0.3) is 0 Å². The second-order valence-corrected chi connectivity index (χ2v) is 7.22. The van der Waals surface area contributed by atoms with Gasteiger partial charge in [-0.05, 0) is 50.4 Å². The number of nitrogens with zero attached hydrogens (tertiary/aromatic N) is 1. The van der Waals surface area contributed by atoms with Crippen molar-refractivity contribution in [2.75, 3.05) is 13.1 Å². The zero-order valence-electron chi connectivity index (χ0n) is 12.7. The highest BCUT2D eigenvalue weighted by Crippen LogP contribution is 2.43. The minimum absolute atomic E-state index is 0.307. The first-order valence-corrected chi connectivity index (χ1v) is 8.80. The van der Waals surface area contributed by atoms with Gasteiger partial charge in [0.25, 0.3) is 0 Å². The van der Waals surface area contributed by atoms with E-state index in [2.05, 4.69) is 4.90 Å². The number of carbonyl (C=O) groups is 1. The number of hydrogen-bond acceptors (Lipinski definition) is 2. The van der Waals surface area contributed by atoms with E-state index in [4.69, 9.17) is 5.73 Å². The van der Waals surface area contributed by atoms with E-state index in [9.17, 15) is 4.79 Å². The second kappa shape index (κ2) is 6.46. The number of carbonyl (C=O) groups excluding carboxylic acids is 1. The summed E-state index contributed by atoms with van der Waals surface area (Å²) in [5.41, 5.74) is 5.73. The van der Waals surface area contributed by atoms with E-state index < -0.39 is 0 Å². The molecular formula is C17H30N2O. The van der Waals surface area contributed by atoms with E-state index in [1.807, 2.05) is 0 Å². The molecule has 3 nitrogen and oxygen atoms in total. The molecule has 114 valence electrons. The molecule has 0 aromatic heterocycles. The van der Waals surface area contributed by atoms with Gasteiger partial charge in [0, 0.05) is 25.0 Å². The van der Waals surface area contributed by atoms with Crippen molar-refractivity contribution in [3.8, 4) is 0 Å². The third-order valence-corrected chi connectivity index (χ3v) is 6.06. The molecule has 0 aromatic carbocycles. The molecule has 0 saturated heterocycles. The fraction of sp³-hybridized carbons (Fsp3) is 0.941. The predicted octanol–water partition coefficient (Wildman–Crippen LogP) is 2.93. The van der Waals surface area contributed by atoms with Gasteiger partial charge in [-0.1, -0.05) is 25.7 Å². The van der Waals surface area contributed by atoms with Gasteiger partial charge in [0.2, 0.25) is 5.91 Å². The van der Waals surface area contributed by atoms with Gasteiger partial charge in [-0.3, -0.25) is 4.79 Å². The molecule has 3 rings (SSSR count). The highest BCUT2D eigenvalue weighted by Gasteiger charge is 2.38. The Hall–Kier alpha value is -0.570. The molecule has 0 bridgehead atoms. The Labute approximate surface area is 123 Å². The number of fused-ring (bicyclic) bond motifs is 1. The van der Waals surface area contributed by atoms with Crippen LogP contribution < -0.4 is 5.73 Å². The van der Waals surface area contributed by atoms with Crippen molar-refractivity contribution in [2.24, 2.45) is 23.5 Å². The topological polar surface area (TPSA) is 46.3 Å². The van der Waals surface area contributed by atoms with E-state index in [0.29, 0.717) is 24.4 Å². The Bertz CT molecular complexity index is 340. The highest BCUT2D eigenvalue weighted by atomic mass is 16.2. The molecule has 3 unspecified atom stereocenters. The summed E-state index contributed by atoms with van der Waals surface area (Å²) in [6.07, 6.45) is 12.9. The lowest BCUT2D eigenvalue weighted by Crippen LogP contribution is -2.50. The summed E-state index contributed by atoms with van der Waals surface area (Å²) < 4.78 is 0. The van der Waals surface area contributed by atoms with Gasteiger partial charge in [0.1, 0.15) is 0 Å².